The number of nitrogens with zero attached hydrogens (tertiary/aromatic N) is 2. The molecule has 78 valence electrons. The van der Waals surface area contributed by atoms with E-state index < -0.39 is 0 Å². The molecule has 1 aliphatic carbocycles. The molecule has 0 radical (unpaired) electrons. The minimum absolute atomic E-state index is 0.167. The van der Waals surface area contributed by atoms with Crippen LogP contribution >= 0.6 is 0 Å². The monoisotopic (exact) mass is 195 g/mol. The quantitative estimate of drug-likeness (QED) is 0.726. The second-order valence-electron chi connectivity index (χ2n) is 4.06. The van der Waals surface area contributed by atoms with E-state index in [4.69, 9.17) is 5.73 Å². The zero-order chi connectivity index (χ0) is 9.97. The average molecular weight is 195 g/mol. The van der Waals surface area contributed by atoms with E-state index >= 15 is 0 Å². The maximum atomic E-state index is 11.6. The van der Waals surface area contributed by atoms with Gasteiger partial charge in [-0.2, -0.15) is 5.10 Å². The lowest BCUT2D eigenvalue weighted by Gasteiger charge is -2.18. The Kier molecular flexibility index (Phi) is 2.82. The van der Waals surface area contributed by atoms with E-state index in [0.717, 1.165) is 25.0 Å². The second-order valence-corrected chi connectivity index (χ2v) is 4.06. The third kappa shape index (κ3) is 1.80. The Hall–Kier alpha value is -0.900. The van der Waals surface area contributed by atoms with Gasteiger partial charge < -0.3 is 5.73 Å². The van der Waals surface area contributed by atoms with E-state index in [1.807, 2.05) is 0 Å². The molecule has 1 fully saturated rings. The molecule has 0 unspecified atom stereocenters. The first-order chi connectivity index (χ1) is 6.81. The Morgan fingerprint density at radius 2 is 2.14 bits per heavy atom. The molecule has 4 heteroatoms. The topological polar surface area (TPSA) is 58.7 Å². The van der Waals surface area contributed by atoms with Crippen molar-refractivity contribution in [2.45, 2.75) is 44.6 Å². The highest BCUT2D eigenvalue weighted by Crippen LogP contribution is 2.26. The van der Waals surface area contributed by atoms with E-state index in [9.17, 15) is 4.79 Å². The Morgan fingerprint density at radius 1 is 1.43 bits per heavy atom. The zero-order valence-electron chi connectivity index (χ0n) is 8.41. The predicted octanol–water partition coefficient (Wildman–Crippen LogP) is 0.866. The molecule has 1 amide bonds. The summed E-state index contributed by atoms with van der Waals surface area (Å²) < 4.78 is 0. The normalized spacial score (nSPS) is 23.4. The van der Waals surface area contributed by atoms with Crippen LogP contribution in [0, 0.1) is 0 Å². The lowest BCUT2D eigenvalue weighted by molar-refractivity contribution is -0.130. The molecule has 2 aliphatic rings. The molecule has 14 heavy (non-hydrogen) atoms. The molecule has 0 aromatic heterocycles. The van der Waals surface area contributed by atoms with Crippen LogP contribution in [-0.4, -0.2) is 29.2 Å². The van der Waals surface area contributed by atoms with Crippen LogP contribution in [-0.2, 0) is 4.79 Å². The third-order valence-corrected chi connectivity index (χ3v) is 2.96. The van der Waals surface area contributed by atoms with Gasteiger partial charge in [0.1, 0.15) is 0 Å². The largest absolute Gasteiger partial charge is 0.330 e. The van der Waals surface area contributed by atoms with Gasteiger partial charge in [0.15, 0.2) is 0 Å². The Balaban J connectivity index is 2.00. The molecule has 0 aromatic rings. The highest BCUT2D eigenvalue weighted by atomic mass is 16.2. The van der Waals surface area contributed by atoms with Crippen molar-refractivity contribution < 1.29 is 4.79 Å². The van der Waals surface area contributed by atoms with Crippen LogP contribution in [0.4, 0.5) is 0 Å². The molecule has 4 nitrogen and oxygen atoms in total. The highest BCUT2D eigenvalue weighted by molar-refractivity contribution is 6.05. The Bertz CT molecular complexity index is 256. The number of rotatable bonds is 3. The molecular weight excluding hydrogens is 178 g/mol. The first-order valence-corrected chi connectivity index (χ1v) is 5.39. The molecule has 0 atom stereocenters. The van der Waals surface area contributed by atoms with Crippen molar-refractivity contribution in [2.24, 2.45) is 10.8 Å². The van der Waals surface area contributed by atoms with Gasteiger partial charge in [-0.1, -0.05) is 12.8 Å². The molecule has 1 aliphatic heterocycles. The molecule has 2 rings (SSSR count). The SMILES string of the molecule is NCCC1=NN(C2CCCC2)C(=O)C1. The van der Waals surface area contributed by atoms with E-state index in [-0.39, 0.29) is 5.91 Å². The summed E-state index contributed by atoms with van der Waals surface area (Å²) in [4.78, 5) is 11.6. The smallest absolute Gasteiger partial charge is 0.248 e. The standard InChI is InChI=1S/C10H17N3O/c11-6-5-8-7-10(14)13(12-8)9-3-1-2-4-9/h9H,1-7,11H2. The van der Waals surface area contributed by atoms with Crippen LogP contribution in [0.1, 0.15) is 38.5 Å². The first-order valence-electron chi connectivity index (χ1n) is 5.39. The van der Waals surface area contributed by atoms with Crippen LogP contribution in [0.15, 0.2) is 5.10 Å². The lowest BCUT2D eigenvalue weighted by Crippen LogP contribution is -2.30. The summed E-state index contributed by atoms with van der Waals surface area (Å²) in [6.07, 6.45) is 5.95. The predicted molar refractivity (Wildman–Crippen MR) is 54.8 cm³/mol. The zero-order valence-corrected chi connectivity index (χ0v) is 8.41. The fourth-order valence-corrected chi connectivity index (χ4v) is 2.24. The van der Waals surface area contributed by atoms with Gasteiger partial charge in [-0.05, 0) is 19.4 Å². The molecule has 2 N–H and O–H groups in total. The summed E-state index contributed by atoms with van der Waals surface area (Å²) in [5.74, 6) is 0.167. The number of carbonyl (C=O) groups is 1. The summed E-state index contributed by atoms with van der Waals surface area (Å²) in [6, 6.07) is 0.373. The van der Waals surface area contributed by atoms with Gasteiger partial charge in [0.25, 0.3) is 0 Å². The number of hydrazone groups is 1. The number of hydrogen-bond acceptors (Lipinski definition) is 3. The first kappa shape index (κ1) is 9.65. The maximum absolute atomic E-state index is 11.6. The maximum Gasteiger partial charge on any atom is 0.248 e. The van der Waals surface area contributed by atoms with Crippen molar-refractivity contribution in [3.8, 4) is 0 Å². The number of hydrogen-bond donors (Lipinski definition) is 1. The molecule has 1 heterocycles. The van der Waals surface area contributed by atoms with Crippen LogP contribution in [0.25, 0.3) is 0 Å². The van der Waals surface area contributed by atoms with E-state index in [1.54, 1.807) is 5.01 Å². The van der Waals surface area contributed by atoms with Gasteiger partial charge in [0.2, 0.25) is 5.91 Å². The summed E-state index contributed by atoms with van der Waals surface area (Å²) in [5.41, 5.74) is 6.40. The van der Waals surface area contributed by atoms with E-state index in [1.165, 1.54) is 12.8 Å². The van der Waals surface area contributed by atoms with Gasteiger partial charge >= 0.3 is 0 Å². The Labute approximate surface area is 84.1 Å². The molecule has 0 spiro atoms. The number of carbonyl (C=O) groups excluding carboxylic acids is 1. The third-order valence-electron chi connectivity index (χ3n) is 2.96. The van der Waals surface area contributed by atoms with Crippen molar-refractivity contribution in [3.63, 3.8) is 0 Å². The van der Waals surface area contributed by atoms with Crippen molar-refractivity contribution in [3.05, 3.63) is 0 Å². The second kappa shape index (κ2) is 4.09. The molecule has 0 saturated heterocycles. The van der Waals surface area contributed by atoms with Gasteiger partial charge in [0.05, 0.1) is 12.5 Å². The van der Waals surface area contributed by atoms with Crippen molar-refractivity contribution in [1.82, 2.24) is 5.01 Å². The van der Waals surface area contributed by atoms with Crippen molar-refractivity contribution >= 4 is 11.6 Å². The number of amides is 1. The summed E-state index contributed by atoms with van der Waals surface area (Å²) >= 11 is 0. The van der Waals surface area contributed by atoms with Crippen LogP contribution in [0.5, 0.6) is 0 Å². The molecule has 0 aromatic carbocycles. The van der Waals surface area contributed by atoms with Gasteiger partial charge in [0, 0.05) is 12.1 Å². The summed E-state index contributed by atoms with van der Waals surface area (Å²) in [6.45, 7) is 0.588. The molecule has 0 bridgehead atoms. The van der Waals surface area contributed by atoms with E-state index in [0.29, 0.717) is 19.0 Å². The van der Waals surface area contributed by atoms with Crippen LogP contribution in [0.3, 0.4) is 0 Å². The van der Waals surface area contributed by atoms with Gasteiger partial charge in [-0.15, -0.1) is 0 Å². The van der Waals surface area contributed by atoms with Crippen molar-refractivity contribution in [2.75, 3.05) is 6.54 Å². The highest BCUT2D eigenvalue weighted by Gasteiger charge is 2.31. The van der Waals surface area contributed by atoms with Crippen molar-refractivity contribution in [1.29, 1.82) is 0 Å². The van der Waals surface area contributed by atoms with Crippen LogP contribution < -0.4 is 5.73 Å². The Morgan fingerprint density at radius 3 is 2.79 bits per heavy atom. The van der Waals surface area contributed by atoms with E-state index in [2.05, 4.69) is 5.10 Å². The fourth-order valence-electron chi connectivity index (χ4n) is 2.24. The van der Waals surface area contributed by atoms with Crippen LogP contribution in [0.2, 0.25) is 0 Å². The molecular formula is C10H17N3O. The number of nitrogens with two attached hydrogens (primary N) is 1. The average Bonchev–Trinajstić information content (AvgIpc) is 2.74. The lowest BCUT2D eigenvalue weighted by atomic mass is 10.2. The molecule has 1 saturated carbocycles. The minimum Gasteiger partial charge on any atom is -0.330 e. The fraction of sp³-hybridized carbons (Fsp3) is 0.800. The van der Waals surface area contributed by atoms with Gasteiger partial charge in [-0.3, -0.25) is 4.79 Å². The van der Waals surface area contributed by atoms with Gasteiger partial charge in [-0.25, -0.2) is 5.01 Å². The minimum atomic E-state index is 0.167. The summed E-state index contributed by atoms with van der Waals surface area (Å²) in [5, 5.41) is 6.07. The summed E-state index contributed by atoms with van der Waals surface area (Å²) in [7, 11) is 0.